The number of hydrogen-bond acceptors (Lipinski definition) is 4. The molecule has 30 heavy (non-hydrogen) atoms. The van der Waals surface area contributed by atoms with Gasteiger partial charge in [0.15, 0.2) is 5.69 Å². The van der Waals surface area contributed by atoms with Gasteiger partial charge in [-0.3, -0.25) is 9.59 Å². The smallest absolute Gasteiger partial charge is 0.434 e. The number of pyridine rings is 1. The number of nitrogens with one attached hydrogen (secondary N) is 1. The van der Waals surface area contributed by atoms with Gasteiger partial charge in [-0.25, -0.2) is 13.8 Å². The average Bonchev–Trinajstić information content (AvgIpc) is 2.69. The molecule has 0 bridgehead atoms. The highest BCUT2D eigenvalue weighted by Crippen LogP contribution is 2.33. The molecule has 0 aliphatic heterocycles. The lowest BCUT2D eigenvalue weighted by atomic mass is 10.1. The summed E-state index contributed by atoms with van der Waals surface area (Å²) in [6, 6.07) is 8.69. The summed E-state index contributed by atoms with van der Waals surface area (Å²) in [5.41, 5.74) is -4.43. The van der Waals surface area contributed by atoms with Crippen LogP contribution in [0.15, 0.2) is 57.7 Å². The molecule has 2 heterocycles. The Kier molecular flexibility index (Phi) is 4.49. The zero-order chi connectivity index (χ0) is 21.6. The van der Waals surface area contributed by atoms with E-state index in [1.807, 2.05) is 5.32 Å². The van der Waals surface area contributed by atoms with Crippen LogP contribution in [0.4, 0.5) is 27.6 Å². The number of anilines is 1. The Hall–Kier alpha value is -3.82. The summed E-state index contributed by atoms with van der Waals surface area (Å²) in [5, 5.41) is 1.66. The average molecular weight is 420 g/mol. The zero-order valence-electron chi connectivity index (χ0n) is 14.7. The van der Waals surface area contributed by atoms with Crippen molar-refractivity contribution in [3.8, 4) is 0 Å². The summed E-state index contributed by atoms with van der Waals surface area (Å²) >= 11 is 0. The maximum Gasteiger partial charge on any atom is 0.434 e. The number of benzene rings is 2. The molecule has 10 heteroatoms. The predicted molar refractivity (Wildman–Crippen MR) is 97.1 cm³/mol. The van der Waals surface area contributed by atoms with E-state index in [9.17, 15) is 31.5 Å². The van der Waals surface area contributed by atoms with Crippen LogP contribution in [0.2, 0.25) is 0 Å². The first-order valence-corrected chi connectivity index (χ1v) is 8.35. The fraction of sp³-hybridized carbons (Fsp3) is 0.0500. The number of para-hydroxylation sites is 1. The van der Waals surface area contributed by atoms with Crippen molar-refractivity contribution in [2.24, 2.45) is 0 Å². The van der Waals surface area contributed by atoms with Gasteiger partial charge in [-0.05, 0) is 30.3 Å². The summed E-state index contributed by atoms with van der Waals surface area (Å²) in [6.07, 6.45) is -5.08. The van der Waals surface area contributed by atoms with E-state index in [0.29, 0.717) is 12.1 Å². The highest BCUT2D eigenvalue weighted by Gasteiger charge is 2.38. The van der Waals surface area contributed by atoms with Crippen molar-refractivity contribution in [2.45, 2.75) is 6.18 Å². The van der Waals surface area contributed by atoms with Gasteiger partial charge in [-0.15, -0.1) is 0 Å². The molecule has 5 nitrogen and oxygen atoms in total. The van der Waals surface area contributed by atoms with Gasteiger partial charge in [0.1, 0.15) is 17.2 Å². The SMILES string of the molecule is O=C(Nc1ccc(F)cc1F)c1cc2c(=O)c3ccccc3oc2nc1C(F)(F)F. The highest BCUT2D eigenvalue weighted by atomic mass is 19.4. The Balaban J connectivity index is 1.92. The van der Waals surface area contributed by atoms with Gasteiger partial charge in [0.25, 0.3) is 5.91 Å². The Morgan fingerprint density at radius 1 is 1.00 bits per heavy atom. The summed E-state index contributed by atoms with van der Waals surface area (Å²) in [4.78, 5) is 28.5. The predicted octanol–water partition coefficient (Wildman–Crippen LogP) is 4.89. The molecule has 2 aromatic carbocycles. The van der Waals surface area contributed by atoms with Crippen molar-refractivity contribution >= 4 is 33.7 Å². The van der Waals surface area contributed by atoms with Crippen molar-refractivity contribution in [3.63, 3.8) is 0 Å². The molecule has 0 aliphatic rings. The van der Waals surface area contributed by atoms with Gasteiger partial charge >= 0.3 is 6.18 Å². The lowest BCUT2D eigenvalue weighted by Crippen LogP contribution is -2.22. The molecule has 0 fully saturated rings. The Morgan fingerprint density at radius 3 is 2.43 bits per heavy atom. The van der Waals surface area contributed by atoms with Crippen LogP contribution in [0.25, 0.3) is 22.1 Å². The van der Waals surface area contributed by atoms with Crippen molar-refractivity contribution in [2.75, 3.05) is 5.32 Å². The van der Waals surface area contributed by atoms with Gasteiger partial charge in [0.05, 0.1) is 22.0 Å². The molecule has 0 spiro atoms. The standard InChI is InChI=1S/C20H9F5N2O3/c21-9-5-6-14(13(22)7-9)26-18(29)12-8-11-16(28)10-3-1-2-4-15(10)30-19(11)27-17(12)20(23,24)25/h1-8H,(H,26,29). The van der Waals surface area contributed by atoms with Crippen molar-refractivity contribution in [3.05, 3.63) is 81.6 Å². The fourth-order valence-electron chi connectivity index (χ4n) is 2.90. The maximum atomic E-state index is 13.8. The molecule has 2 aromatic heterocycles. The van der Waals surface area contributed by atoms with Crippen molar-refractivity contribution in [1.82, 2.24) is 4.98 Å². The minimum absolute atomic E-state index is 0.0289. The molecule has 0 radical (unpaired) electrons. The molecule has 4 aromatic rings. The third-order valence-corrected chi connectivity index (χ3v) is 4.26. The minimum Gasteiger partial charge on any atom is -0.437 e. The van der Waals surface area contributed by atoms with E-state index in [1.54, 1.807) is 0 Å². The Morgan fingerprint density at radius 2 is 1.73 bits per heavy atom. The number of halogens is 5. The third kappa shape index (κ3) is 3.36. The van der Waals surface area contributed by atoms with Crippen molar-refractivity contribution in [1.29, 1.82) is 0 Å². The van der Waals surface area contributed by atoms with E-state index < -0.39 is 51.8 Å². The van der Waals surface area contributed by atoms with Crippen LogP contribution in [0.5, 0.6) is 0 Å². The molecule has 0 unspecified atom stereocenters. The first-order chi connectivity index (χ1) is 14.1. The number of carbonyl (C=O) groups excluding carboxylic acids is 1. The van der Waals surface area contributed by atoms with E-state index in [1.165, 1.54) is 24.3 Å². The zero-order valence-corrected chi connectivity index (χ0v) is 14.7. The number of aromatic nitrogens is 1. The second-order valence-electron chi connectivity index (χ2n) is 6.24. The third-order valence-electron chi connectivity index (χ3n) is 4.26. The first-order valence-electron chi connectivity index (χ1n) is 8.35. The van der Waals surface area contributed by atoms with Gasteiger partial charge in [-0.1, -0.05) is 12.1 Å². The van der Waals surface area contributed by atoms with E-state index >= 15 is 0 Å². The Labute approximate surface area is 163 Å². The van der Waals surface area contributed by atoms with Gasteiger partial charge in [-0.2, -0.15) is 13.2 Å². The lowest BCUT2D eigenvalue weighted by molar-refractivity contribution is -0.141. The summed E-state index contributed by atoms with van der Waals surface area (Å²) in [7, 11) is 0. The molecule has 0 saturated carbocycles. The molecule has 0 saturated heterocycles. The topological polar surface area (TPSA) is 72.2 Å². The number of carbonyl (C=O) groups is 1. The first kappa shape index (κ1) is 19.5. The number of rotatable bonds is 2. The molecule has 0 aliphatic carbocycles. The molecule has 0 atom stereocenters. The van der Waals surface area contributed by atoms with Crippen LogP contribution in [0.3, 0.4) is 0 Å². The normalized spacial score (nSPS) is 11.8. The van der Waals surface area contributed by atoms with Crippen LogP contribution < -0.4 is 10.7 Å². The van der Waals surface area contributed by atoms with Crippen LogP contribution in [0, 0.1) is 11.6 Å². The summed E-state index contributed by atoms with van der Waals surface area (Å²) in [5.74, 6) is -3.50. The largest absolute Gasteiger partial charge is 0.437 e. The second-order valence-corrected chi connectivity index (χ2v) is 6.24. The highest BCUT2D eigenvalue weighted by molar-refractivity contribution is 6.07. The molecule has 4 rings (SSSR count). The number of amides is 1. The fourth-order valence-corrected chi connectivity index (χ4v) is 2.90. The van der Waals surface area contributed by atoms with Crippen LogP contribution in [-0.2, 0) is 6.18 Å². The monoisotopic (exact) mass is 420 g/mol. The van der Waals surface area contributed by atoms with Gasteiger partial charge < -0.3 is 9.73 Å². The second kappa shape index (κ2) is 6.90. The Bertz CT molecular complexity index is 1380. The van der Waals surface area contributed by atoms with E-state index in [-0.39, 0.29) is 16.4 Å². The molecule has 1 amide bonds. The molecular weight excluding hydrogens is 411 g/mol. The van der Waals surface area contributed by atoms with E-state index in [2.05, 4.69) is 4.98 Å². The number of fused-ring (bicyclic) bond motifs is 2. The summed E-state index contributed by atoms with van der Waals surface area (Å²) < 4.78 is 72.7. The van der Waals surface area contributed by atoms with E-state index in [0.717, 1.165) is 12.1 Å². The lowest BCUT2D eigenvalue weighted by Gasteiger charge is -2.13. The van der Waals surface area contributed by atoms with Crippen LogP contribution in [-0.4, -0.2) is 10.9 Å². The number of alkyl halides is 3. The maximum absolute atomic E-state index is 13.8. The van der Waals surface area contributed by atoms with Crippen LogP contribution >= 0.6 is 0 Å². The van der Waals surface area contributed by atoms with Gasteiger partial charge in [0, 0.05) is 6.07 Å². The molecule has 1 N–H and O–H groups in total. The van der Waals surface area contributed by atoms with E-state index in [4.69, 9.17) is 4.42 Å². The minimum atomic E-state index is -5.08. The summed E-state index contributed by atoms with van der Waals surface area (Å²) in [6.45, 7) is 0. The molecule has 152 valence electrons. The number of hydrogen-bond donors (Lipinski definition) is 1. The molecular formula is C20H9F5N2O3. The number of nitrogens with zero attached hydrogens (tertiary/aromatic N) is 1. The van der Waals surface area contributed by atoms with Gasteiger partial charge in [0.2, 0.25) is 11.1 Å². The quantitative estimate of drug-likeness (QED) is 0.370. The van der Waals surface area contributed by atoms with Crippen molar-refractivity contribution < 1.29 is 31.2 Å². The van der Waals surface area contributed by atoms with Crippen LogP contribution in [0.1, 0.15) is 16.1 Å².